The molecule has 1 heterocycles. The minimum Gasteiger partial charge on any atom is -0.455 e. The summed E-state index contributed by atoms with van der Waals surface area (Å²) in [6, 6.07) is 13.6. The lowest BCUT2D eigenvalue weighted by Crippen LogP contribution is -2.18. The fourth-order valence-electron chi connectivity index (χ4n) is 2.54. The third-order valence-electron chi connectivity index (χ3n) is 3.86. The maximum atomic E-state index is 12.2. The number of benzene rings is 2. The lowest BCUT2D eigenvalue weighted by Gasteiger charge is -2.04. The van der Waals surface area contributed by atoms with E-state index < -0.39 is 10.8 Å². The van der Waals surface area contributed by atoms with Gasteiger partial charge in [0.15, 0.2) is 0 Å². The van der Waals surface area contributed by atoms with Crippen molar-refractivity contribution in [3.63, 3.8) is 0 Å². The second-order valence-electron chi connectivity index (χ2n) is 6.08. The highest BCUT2D eigenvalue weighted by molar-refractivity contribution is 6.33. The van der Waals surface area contributed by atoms with Gasteiger partial charge >= 0.3 is 0 Å². The molecular weight excluding hydrogens is 412 g/mol. The Kier molecular flexibility index (Phi) is 6.23. The van der Waals surface area contributed by atoms with Crippen LogP contribution in [0.5, 0.6) is 0 Å². The Balaban J connectivity index is 1.69. The summed E-state index contributed by atoms with van der Waals surface area (Å²) in [5.41, 5.74) is 3.40. The standard InChI is InChI=1S/C20H15ClN4O5/c1-12(26)23-14-4-2-3-13(9-14)20(27)24-22-11-16-6-8-19(30-16)17-10-15(25(28)29)5-7-18(17)21/h2-11H,1H3,(H,23,26)(H,24,27)/b22-11-. The highest BCUT2D eigenvalue weighted by Crippen LogP contribution is 2.32. The van der Waals surface area contributed by atoms with E-state index in [1.54, 1.807) is 30.3 Å². The third-order valence-corrected chi connectivity index (χ3v) is 4.19. The minimum absolute atomic E-state index is 0.116. The molecule has 0 fully saturated rings. The molecule has 0 saturated heterocycles. The number of amides is 2. The number of anilines is 1. The number of carbonyl (C=O) groups excluding carboxylic acids is 2. The number of nitrogens with zero attached hydrogens (tertiary/aromatic N) is 2. The number of nitrogens with one attached hydrogen (secondary N) is 2. The smallest absolute Gasteiger partial charge is 0.271 e. The summed E-state index contributed by atoms with van der Waals surface area (Å²) in [6.07, 6.45) is 1.28. The van der Waals surface area contributed by atoms with Gasteiger partial charge in [-0.1, -0.05) is 17.7 Å². The first-order chi connectivity index (χ1) is 14.3. The number of nitro benzene ring substituents is 1. The topological polar surface area (TPSA) is 127 Å². The van der Waals surface area contributed by atoms with E-state index in [-0.39, 0.29) is 11.6 Å². The Bertz CT molecular complexity index is 1160. The van der Waals surface area contributed by atoms with Crippen LogP contribution in [0.25, 0.3) is 11.3 Å². The monoisotopic (exact) mass is 426 g/mol. The molecule has 9 nitrogen and oxygen atoms in total. The van der Waals surface area contributed by atoms with Crippen molar-refractivity contribution in [2.75, 3.05) is 5.32 Å². The molecule has 0 saturated carbocycles. The average Bonchev–Trinajstić information content (AvgIpc) is 3.16. The lowest BCUT2D eigenvalue weighted by atomic mass is 10.1. The lowest BCUT2D eigenvalue weighted by molar-refractivity contribution is -0.384. The molecular formula is C20H15ClN4O5. The third kappa shape index (κ3) is 5.09. The van der Waals surface area contributed by atoms with Crippen LogP contribution in [0.15, 0.2) is 64.1 Å². The molecule has 0 aliphatic rings. The van der Waals surface area contributed by atoms with Gasteiger partial charge in [-0.25, -0.2) is 5.43 Å². The number of non-ortho nitro benzene ring substituents is 1. The predicted octanol–water partition coefficient (Wildman–Crippen LogP) is 4.23. The molecule has 0 spiro atoms. The molecule has 3 rings (SSSR count). The molecule has 0 aliphatic carbocycles. The van der Waals surface area contributed by atoms with Crippen LogP contribution >= 0.6 is 11.6 Å². The number of rotatable bonds is 6. The van der Waals surface area contributed by atoms with Crippen LogP contribution in [0.1, 0.15) is 23.0 Å². The van der Waals surface area contributed by atoms with Crippen LogP contribution in [0.2, 0.25) is 5.02 Å². The predicted molar refractivity (Wildman–Crippen MR) is 112 cm³/mol. The van der Waals surface area contributed by atoms with Crippen molar-refractivity contribution in [1.82, 2.24) is 5.43 Å². The van der Waals surface area contributed by atoms with Gasteiger partial charge < -0.3 is 9.73 Å². The van der Waals surface area contributed by atoms with Crippen LogP contribution in [-0.2, 0) is 4.79 Å². The van der Waals surface area contributed by atoms with Crippen LogP contribution in [0.3, 0.4) is 0 Å². The Morgan fingerprint density at radius 2 is 1.97 bits per heavy atom. The second-order valence-corrected chi connectivity index (χ2v) is 6.49. The normalized spacial score (nSPS) is 10.7. The molecule has 0 radical (unpaired) electrons. The highest BCUT2D eigenvalue weighted by Gasteiger charge is 2.14. The number of halogens is 1. The van der Waals surface area contributed by atoms with E-state index in [0.717, 1.165) is 0 Å². The Morgan fingerprint density at radius 1 is 1.17 bits per heavy atom. The van der Waals surface area contributed by atoms with Crippen molar-refractivity contribution >= 4 is 41.0 Å². The van der Waals surface area contributed by atoms with Gasteiger partial charge in [-0.15, -0.1) is 0 Å². The quantitative estimate of drug-likeness (QED) is 0.346. The summed E-state index contributed by atoms with van der Waals surface area (Å²) in [5, 5.41) is 17.7. The molecule has 0 bridgehead atoms. The van der Waals surface area contributed by atoms with Gasteiger partial charge in [0.25, 0.3) is 11.6 Å². The first-order valence-electron chi connectivity index (χ1n) is 8.58. The first-order valence-corrected chi connectivity index (χ1v) is 8.96. The molecule has 0 aliphatic heterocycles. The van der Waals surface area contributed by atoms with Gasteiger partial charge in [-0.3, -0.25) is 19.7 Å². The van der Waals surface area contributed by atoms with E-state index >= 15 is 0 Å². The fourth-order valence-corrected chi connectivity index (χ4v) is 2.75. The summed E-state index contributed by atoms with van der Waals surface area (Å²) in [7, 11) is 0. The number of hydrazone groups is 1. The largest absolute Gasteiger partial charge is 0.455 e. The summed E-state index contributed by atoms with van der Waals surface area (Å²) in [6.45, 7) is 1.37. The molecule has 10 heteroatoms. The first kappa shape index (κ1) is 20.7. The van der Waals surface area contributed by atoms with Gasteiger partial charge in [0, 0.05) is 35.9 Å². The Labute approximate surface area is 175 Å². The van der Waals surface area contributed by atoms with Crippen molar-refractivity contribution in [1.29, 1.82) is 0 Å². The SMILES string of the molecule is CC(=O)Nc1cccc(C(=O)N/N=C\c2ccc(-c3cc([N+](=O)[O-])ccc3Cl)o2)c1. The molecule has 30 heavy (non-hydrogen) atoms. The zero-order chi connectivity index (χ0) is 21.7. The van der Waals surface area contributed by atoms with Gasteiger partial charge in [-0.05, 0) is 36.4 Å². The summed E-state index contributed by atoms with van der Waals surface area (Å²) >= 11 is 6.10. The van der Waals surface area contributed by atoms with Crippen molar-refractivity contribution < 1.29 is 18.9 Å². The molecule has 2 amide bonds. The van der Waals surface area contributed by atoms with E-state index in [9.17, 15) is 19.7 Å². The zero-order valence-corrected chi connectivity index (χ0v) is 16.3. The molecule has 1 aromatic heterocycles. The summed E-state index contributed by atoms with van der Waals surface area (Å²) in [5.74, 6) is -0.102. The van der Waals surface area contributed by atoms with Crippen LogP contribution in [0.4, 0.5) is 11.4 Å². The molecule has 0 atom stereocenters. The van der Waals surface area contributed by atoms with E-state index in [1.165, 1.54) is 37.4 Å². The molecule has 152 valence electrons. The van der Waals surface area contributed by atoms with Gasteiger partial charge in [0.05, 0.1) is 16.2 Å². The maximum Gasteiger partial charge on any atom is 0.271 e. The number of furan rings is 1. The van der Waals surface area contributed by atoms with Crippen molar-refractivity contribution in [2.45, 2.75) is 6.92 Å². The van der Waals surface area contributed by atoms with Crippen LogP contribution in [0, 0.1) is 10.1 Å². The number of carbonyl (C=O) groups is 2. The number of hydrogen-bond donors (Lipinski definition) is 2. The van der Waals surface area contributed by atoms with Crippen molar-refractivity contribution in [3.05, 3.63) is 81.1 Å². The Morgan fingerprint density at radius 3 is 2.70 bits per heavy atom. The van der Waals surface area contributed by atoms with Gasteiger partial charge in [-0.2, -0.15) is 5.10 Å². The van der Waals surface area contributed by atoms with E-state index in [0.29, 0.717) is 33.4 Å². The average molecular weight is 427 g/mol. The second kappa shape index (κ2) is 9.01. The fraction of sp³-hybridized carbons (Fsp3) is 0.0500. The minimum atomic E-state index is -0.526. The number of hydrogen-bond acceptors (Lipinski definition) is 6. The van der Waals surface area contributed by atoms with E-state index in [2.05, 4.69) is 15.8 Å². The molecule has 2 N–H and O–H groups in total. The molecule has 0 unspecified atom stereocenters. The molecule has 2 aromatic carbocycles. The van der Waals surface area contributed by atoms with Crippen LogP contribution < -0.4 is 10.7 Å². The van der Waals surface area contributed by atoms with Gasteiger partial charge in [0.2, 0.25) is 5.91 Å². The van der Waals surface area contributed by atoms with Crippen LogP contribution in [-0.4, -0.2) is 23.0 Å². The van der Waals surface area contributed by atoms with Gasteiger partial charge in [0.1, 0.15) is 11.5 Å². The van der Waals surface area contributed by atoms with E-state index in [1.807, 2.05) is 0 Å². The number of nitro groups is 1. The zero-order valence-electron chi connectivity index (χ0n) is 15.6. The summed E-state index contributed by atoms with van der Waals surface area (Å²) in [4.78, 5) is 33.7. The maximum absolute atomic E-state index is 12.2. The summed E-state index contributed by atoms with van der Waals surface area (Å²) < 4.78 is 5.58. The van der Waals surface area contributed by atoms with Crippen molar-refractivity contribution in [3.8, 4) is 11.3 Å². The highest BCUT2D eigenvalue weighted by atomic mass is 35.5. The van der Waals surface area contributed by atoms with E-state index in [4.69, 9.17) is 16.0 Å². The molecule has 3 aromatic rings. The van der Waals surface area contributed by atoms with Crippen molar-refractivity contribution in [2.24, 2.45) is 5.10 Å². The Hall–Kier alpha value is -3.98.